The maximum Gasteiger partial charge on any atom is 0.115 e. The molecule has 0 atom stereocenters. The molecule has 4 rings (SSSR count). The predicted molar refractivity (Wildman–Crippen MR) is 112 cm³/mol. The van der Waals surface area contributed by atoms with Crippen molar-refractivity contribution >= 4 is 0 Å². The molecule has 134 valence electrons. The fraction of sp³-hybridized carbons (Fsp3) is 0.0400. The highest BCUT2D eigenvalue weighted by Crippen LogP contribution is 2.23. The quantitative estimate of drug-likeness (QED) is 0.435. The summed E-state index contributed by atoms with van der Waals surface area (Å²) in [5, 5.41) is 18.2. The first kappa shape index (κ1) is 18.3. The number of rotatable bonds is 2. The van der Waals surface area contributed by atoms with Crippen molar-refractivity contribution in [3.63, 3.8) is 0 Å². The van der Waals surface area contributed by atoms with Crippen molar-refractivity contribution in [1.29, 1.82) is 0 Å². The lowest BCUT2D eigenvalue weighted by molar-refractivity contribution is 0.474. The normalized spacial score (nSPS) is 9.96. The molecule has 27 heavy (non-hydrogen) atoms. The van der Waals surface area contributed by atoms with Crippen LogP contribution in [0.3, 0.4) is 0 Å². The van der Waals surface area contributed by atoms with E-state index in [9.17, 15) is 0 Å². The largest absolute Gasteiger partial charge is 0.508 e. The summed E-state index contributed by atoms with van der Waals surface area (Å²) < 4.78 is 0. The molecule has 0 aliphatic carbocycles. The smallest absolute Gasteiger partial charge is 0.115 e. The summed E-state index contributed by atoms with van der Waals surface area (Å²) in [5.74, 6) is 0.514. The van der Waals surface area contributed by atoms with Crippen LogP contribution in [0.1, 0.15) is 5.56 Å². The molecule has 0 radical (unpaired) electrons. The van der Waals surface area contributed by atoms with Gasteiger partial charge in [0.25, 0.3) is 0 Å². The van der Waals surface area contributed by atoms with Crippen LogP contribution in [-0.4, -0.2) is 10.2 Å². The molecule has 4 aromatic carbocycles. The molecule has 0 spiro atoms. The summed E-state index contributed by atoms with van der Waals surface area (Å²) in [6, 6.07) is 32.9. The molecule has 0 heterocycles. The highest BCUT2D eigenvalue weighted by atomic mass is 16.3. The maximum absolute atomic E-state index is 9.11. The number of aromatic hydroxyl groups is 2. The number of phenols is 2. The summed E-state index contributed by atoms with van der Waals surface area (Å²) in [6.07, 6.45) is 0. The van der Waals surface area contributed by atoms with Crippen molar-refractivity contribution in [2.45, 2.75) is 6.92 Å². The van der Waals surface area contributed by atoms with Crippen LogP contribution < -0.4 is 0 Å². The Bertz CT molecular complexity index is 929. The Morgan fingerprint density at radius 2 is 0.889 bits per heavy atom. The number of benzene rings is 4. The molecule has 0 aliphatic heterocycles. The van der Waals surface area contributed by atoms with Crippen LogP contribution in [0.2, 0.25) is 0 Å². The third-order valence-corrected chi connectivity index (χ3v) is 4.19. The molecule has 0 bridgehead atoms. The number of phenolic OH excluding ortho intramolecular Hbond substituents is 2. The number of hydrogen-bond donors (Lipinski definition) is 2. The molecule has 0 saturated carbocycles. The van der Waals surface area contributed by atoms with Crippen LogP contribution in [0.4, 0.5) is 0 Å². The highest BCUT2D eigenvalue weighted by molar-refractivity contribution is 5.65. The average molecular weight is 354 g/mol. The van der Waals surface area contributed by atoms with Crippen LogP contribution in [-0.2, 0) is 0 Å². The van der Waals surface area contributed by atoms with Gasteiger partial charge in [0.15, 0.2) is 0 Å². The van der Waals surface area contributed by atoms with E-state index < -0.39 is 0 Å². The van der Waals surface area contributed by atoms with E-state index >= 15 is 0 Å². The van der Waals surface area contributed by atoms with Gasteiger partial charge in [-0.2, -0.15) is 0 Å². The van der Waals surface area contributed by atoms with Crippen LogP contribution in [0.5, 0.6) is 11.5 Å². The Hall–Kier alpha value is -3.52. The molecule has 0 saturated heterocycles. The summed E-state index contributed by atoms with van der Waals surface area (Å²) in [7, 11) is 0. The van der Waals surface area contributed by atoms with Gasteiger partial charge < -0.3 is 10.2 Å². The number of aryl methyl sites for hydroxylation is 1. The molecule has 4 aromatic rings. The summed E-state index contributed by atoms with van der Waals surface area (Å²) in [4.78, 5) is 0. The van der Waals surface area contributed by atoms with Gasteiger partial charge in [-0.25, -0.2) is 0 Å². The van der Waals surface area contributed by atoms with E-state index in [-0.39, 0.29) is 11.5 Å². The lowest BCUT2D eigenvalue weighted by Gasteiger charge is -2.01. The molecule has 0 aromatic heterocycles. The minimum Gasteiger partial charge on any atom is -0.508 e. The summed E-state index contributed by atoms with van der Waals surface area (Å²) >= 11 is 0. The zero-order valence-electron chi connectivity index (χ0n) is 15.2. The fourth-order valence-corrected chi connectivity index (χ4v) is 2.76. The molecule has 2 nitrogen and oxygen atoms in total. The first-order valence-electron chi connectivity index (χ1n) is 8.82. The Kier molecular flexibility index (Phi) is 5.91. The molecule has 0 unspecified atom stereocenters. The second-order valence-electron chi connectivity index (χ2n) is 6.33. The van der Waals surface area contributed by atoms with Gasteiger partial charge in [-0.05, 0) is 53.4 Å². The third-order valence-electron chi connectivity index (χ3n) is 4.19. The topological polar surface area (TPSA) is 40.5 Å². The van der Waals surface area contributed by atoms with Gasteiger partial charge >= 0.3 is 0 Å². The molecule has 0 amide bonds. The van der Waals surface area contributed by atoms with Crippen LogP contribution >= 0.6 is 0 Å². The molecular formula is C25H22O2. The number of hydrogen-bond acceptors (Lipinski definition) is 2. The Labute approximate surface area is 160 Å². The van der Waals surface area contributed by atoms with E-state index in [1.165, 1.54) is 16.7 Å². The Morgan fingerprint density at radius 1 is 0.444 bits per heavy atom. The van der Waals surface area contributed by atoms with Gasteiger partial charge in [0, 0.05) is 0 Å². The zero-order valence-corrected chi connectivity index (χ0v) is 15.2. The van der Waals surface area contributed by atoms with E-state index in [4.69, 9.17) is 10.2 Å². The lowest BCUT2D eigenvalue weighted by atomic mass is 10.0. The maximum atomic E-state index is 9.11. The van der Waals surface area contributed by atoms with Crippen LogP contribution in [0.15, 0.2) is 103 Å². The van der Waals surface area contributed by atoms with Gasteiger partial charge in [0.2, 0.25) is 0 Å². The minimum absolute atomic E-state index is 0.257. The van der Waals surface area contributed by atoms with Crippen molar-refractivity contribution < 1.29 is 10.2 Å². The van der Waals surface area contributed by atoms with Crippen molar-refractivity contribution in [3.8, 4) is 33.8 Å². The van der Waals surface area contributed by atoms with Crippen LogP contribution in [0.25, 0.3) is 22.3 Å². The zero-order chi connectivity index (χ0) is 19.1. The second kappa shape index (κ2) is 8.72. The van der Waals surface area contributed by atoms with Gasteiger partial charge in [0.1, 0.15) is 11.5 Å². The molecule has 2 heteroatoms. The van der Waals surface area contributed by atoms with Crippen molar-refractivity contribution in [2.75, 3.05) is 0 Å². The highest BCUT2D eigenvalue weighted by Gasteiger charge is 1.97. The lowest BCUT2D eigenvalue weighted by Crippen LogP contribution is -1.77. The first-order chi connectivity index (χ1) is 13.1. The van der Waals surface area contributed by atoms with E-state index in [1.807, 2.05) is 30.3 Å². The summed E-state index contributed by atoms with van der Waals surface area (Å²) in [5.41, 5.74) is 5.92. The standard InChI is InChI=1S/C13H12.C12H10O2/c1-11-6-5-9-13(10-11)12-7-3-2-4-8-12;13-11-5-1-9(2-6-11)10-3-7-12(14)8-4-10/h2-10H,1H3;1-8,13-14H. The Morgan fingerprint density at radius 3 is 1.37 bits per heavy atom. The fourth-order valence-electron chi connectivity index (χ4n) is 2.76. The minimum atomic E-state index is 0.257. The van der Waals surface area contributed by atoms with Gasteiger partial charge in [0.05, 0.1) is 0 Å². The molecule has 0 fully saturated rings. The predicted octanol–water partition coefficient (Wildman–Crippen LogP) is 6.43. The van der Waals surface area contributed by atoms with E-state index in [2.05, 4.69) is 55.5 Å². The first-order valence-corrected chi connectivity index (χ1v) is 8.82. The van der Waals surface area contributed by atoms with Crippen molar-refractivity contribution in [3.05, 3.63) is 109 Å². The second-order valence-corrected chi connectivity index (χ2v) is 6.33. The van der Waals surface area contributed by atoms with E-state index in [0.29, 0.717) is 0 Å². The monoisotopic (exact) mass is 354 g/mol. The molecule has 0 aliphatic rings. The summed E-state index contributed by atoms with van der Waals surface area (Å²) in [6.45, 7) is 2.12. The Balaban J connectivity index is 0.000000156. The van der Waals surface area contributed by atoms with Gasteiger partial charge in [-0.3, -0.25) is 0 Å². The SMILES string of the molecule is Cc1cccc(-c2ccccc2)c1.Oc1ccc(-c2ccc(O)cc2)cc1. The van der Waals surface area contributed by atoms with Crippen molar-refractivity contribution in [1.82, 2.24) is 0 Å². The van der Waals surface area contributed by atoms with Gasteiger partial charge in [-0.15, -0.1) is 0 Å². The molecule has 2 N–H and O–H groups in total. The van der Waals surface area contributed by atoms with Crippen molar-refractivity contribution in [2.24, 2.45) is 0 Å². The molecular weight excluding hydrogens is 332 g/mol. The van der Waals surface area contributed by atoms with E-state index in [1.54, 1.807) is 24.3 Å². The van der Waals surface area contributed by atoms with E-state index in [0.717, 1.165) is 11.1 Å². The van der Waals surface area contributed by atoms with Crippen LogP contribution in [0, 0.1) is 6.92 Å². The third kappa shape index (κ3) is 5.23. The average Bonchev–Trinajstić information content (AvgIpc) is 2.71. The van der Waals surface area contributed by atoms with Gasteiger partial charge in [-0.1, -0.05) is 84.4 Å².